The van der Waals surface area contributed by atoms with E-state index in [4.69, 9.17) is 0 Å². The van der Waals surface area contributed by atoms with Crippen LogP contribution in [0, 0.1) is 5.92 Å². The number of rotatable bonds is 8. The summed E-state index contributed by atoms with van der Waals surface area (Å²) in [6, 6.07) is 13.9. The lowest BCUT2D eigenvalue weighted by molar-refractivity contribution is 0.0953. The molecular formula is C19H25N3O. The first-order chi connectivity index (χ1) is 11.1. The second kappa shape index (κ2) is 8.93. The summed E-state index contributed by atoms with van der Waals surface area (Å²) in [5.41, 5.74) is 1.94. The highest BCUT2D eigenvalue weighted by Crippen LogP contribution is 2.08. The van der Waals surface area contributed by atoms with Crippen LogP contribution in [-0.2, 0) is 6.42 Å². The van der Waals surface area contributed by atoms with Crippen molar-refractivity contribution in [2.24, 2.45) is 5.92 Å². The Bertz CT molecular complexity index is 611. The molecule has 2 rings (SSSR count). The van der Waals surface area contributed by atoms with Crippen molar-refractivity contribution in [3.63, 3.8) is 0 Å². The fourth-order valence-corrected chi connectivity index (χ4v) is 2.22. The molecule has 0 radical (unpaired) electrons. The van der Waals surface area contributed by atoms with Crippen molar-refractivity contribution in [2.45, 2.75) is 26.7 Å². The molecule has 122 valence electrons. The normalized spacial score (nSPS) is 10.6. The van der Waals surface area contributed by atoms with E-state index < -0.39 is 0 Å². The Morgan fingerprint density at radius 1 is 1.17 bits per heavy atom. The minimum atomic E-state index is -0.0481. The first-order valence-electron chi connectivity index (χ1n) is 8.17. The number of pyridine rings is 1. The van der Waals surface area contributed by atoms with Crippen molar-refractivity contribution < 1.29 is 4.79 Å². The van der Waals surface area contributed by atoms with Crippen LogP contribution in [0.2, 0.25) is 0 Å². The molecule has 1 heterocycles. The summed E-state index contributed by atoms with van der Waals surface area (Å²) in [5, 5.41) is 6.20. The van der Waals surface area contributed by atoms with Gasteiger partial charge in [-0.1, -0.05) is 44.2 Å². The van der Waals surface area contributed by atoms with Gasteiger partial charge in [-0.15, -0.1) is 0 Å². The molecule has 4 heteroatoms. The zero-order valence-electron chi connectivity index (χ0n) is 13.9. The minimum absolute atomic E-state index is 0.0481. The summed E-state index contributed by atoms with van der Waals surface area (Å²) in [4.78, 5) is 16.4. The van der Waals surface area contributed by atoms with Gasteiger partial charge in [0.05, 0.1) is 0 Å². The summed E-state index contributed by atoms with van der Waals surface area (Å²) in [6.45, 7) is 5.78. The Morgan fingerprint density at radius 3 is 2.70 bits per heavy atom. The Kier molecular flexibility index (Phi) is 6.60. The highest BCUT2D eigenvalue weighted by Gasteiger charge is 2.06. The Morgan fingerprint density at radius 2 is 1.96 bits per heavy atom. The van der Waals surface area contributed by atoms with Crippen molar-refractivity contribution in [3.8, 4) is 0 Å². The standard InChI is InChI=1S/C19H25N3O/c1-15(2)14-22-18-13-17(10-12-20-18)19(23)21-11-6-9-16-7-4-3-5-8-16/h3-5,7-8,10,12-13,15H,6,9,11,14H2,1-2H3,(H,20,22)(H,21,23). The minimum Gasteiger partial charge on any atom is -0.370 e. The zero-order chi connectivity index (χ0) is 16.5. The molecule has 23 heavy (non-hydrogen) atoms. The Balaban J connectivity index is 1.77. The van der Waals surface area contributed by atoms with Crippen LogP contribution in [0.15, 0.2) is 48.7 Å². The molecule has 1 amide bonds. The molecule has 2 aromatic rings. The van der Waals surface area contributed by atoms with Gasteiger partial charge in [0.15, 0.2) is 0 Å². The van der Waals surface area contributed by atoms with E-state index in [1.54, 1.807) is 18.3 Å². The first kappa shape index (κ1) is 17.0. The van der Waals surface area contributed by atoms with E-state index in [-0.39, 0.29) is 5.91 Å². The van der Waals surface area contributed by atoms with Crippen LogP contribution in [-0.4, -0.2) is 24.0 Å². The average Bonchev–Trinajstić information content (AvgIpc) is 2.58. The molecule has 0 fully saturated rings. The molecule has 0 aliphatic rings. The van der Waals surface area contributed by atoms with E-state index in [0.717, 1.165) is 25.2 Å². The number of anilines is 1. The quantitative estimate of drug-likeness (QED) is 0.734. The predicted octanol–water partition coefficient (Wildman–Crippen LogP) is 3.51. The molecule has 1 aromatic heterocycles. The van der Waals surface area contributed by atoms with Crippen LogP contribution in [0.25, 0.3) is 0 Å². The highest BCUT2D eigenvalue weighted by molar-refractivity contribution is 5.94. The van der Waals surface area contributed by atoms with Crippen molar-refractivity contribution >= 4 is 11.7 Å². The summed E-state index contributed by atoms with van der Waals surface area (Å²) < 4.78 is 0. The molecule has 0 aliphatic heterocycles. The largest absolute Gasteiger partial charge is 0.370 e. The summed E-state index contributed by atoms with van der Waals surface area (Å²) in [5.74, 6) is 1.23. The zero-order valence-corrected chi connectivity index (χ0v) is 13.9. The summed E-state index contributed by atoms with van der Waals surface area (Å²) in [7, 11) is 0. The molecular weight excluding hydrogens is 286 g/mol. The van der Waals surface area contributed by atoms with E-state index in [0.29, 0.717) is 18.0 Å². The topological polar surface area (TPSA) is 54.0 Å². The second-order valence-electron chi connectivity index (χ2n) is 6.05. The number of hydrogen-bond donors (Lipinski definition) is 2. The van der Waals surface area contributed by atoms with Crippen molar-refractivity contribution in [1.82, 2.24) is 10.3 Å². The first-order valence-corrected chi connectivity index (χ1v) is 8.17. The van der Waals surface area contributed by atoms with Gasteiger partial charge in [0, 0.05) is 24.8 Å². The third kappa shape index (κ3) is 6.10. The molecule has 2 N–H and O–H groups in total. The fraction of sp³-hybridized carbons (Fsp3) is 0.368. The van der Waals surface area contributed by atoms with Gasteiger partial charge in [0.2, 0.25) is 0 Å². The summed E-state index contributed by atoms with van der Waals surface area (Å²) in [6.07, 6.45) is 3.57. The number of aryl methyl sites for hydroxylation is 1. The molecule has 0 aliphatic carbocycles. The van der Waals surface area contributed by atoms with E-state index >= 15 is 0 Å². The smallest absolute Gasteiger partial charge is 0.251 e. The Hall–Kier alpha value is -2.36. The number of aromatic nitrogens is 1. The van der Waals surface area contributed by atoms with E-state index in [9.17, 15) is 4.79 Å². The monoisotopic (exact) mass is 311 g/mol. The Labute approximate surface area is 138 Å². The number of benzene rings is 1. The number of hydrogen-bond acceptors (Lipinski definition) is 3. The second-order valence-corrected chi connectivity index (χ2v) is 6.05. The molecule has 0 saturated carbocycles. The SMILES string of the molecule is CC(C)CNc1cc(C(=O)NCCCc2ccccc2)ccn1. The van der Waals surface area contributed by atoms with Crippen molar-refractivity contribution in [3.05, 3.63) is 59.8 Å². The van der Waals surface area contributed by atoms with Crippen molar-refractivity contribution in [2.75, 3.05) is 18.4 Å². The van der Waals surface area contributed by atoms with Gasteiger partial charge in [-0.25, -0.2) is 4.98 Å². The van der Waals surface area contributed by atoms with E-state index in [1.165, 1.54) is 5.56 Å². The van der Waals surface area contributed by atoms with Crippen LogP contribution in [0.3, 0.4) is 0 Å². The van der Waals surface area contributed by atoms with E-state index in [2.05, 4.69) is 41.6 Å². The molecule has 1 aromatic carbocycles. The highest BCUT2D eigenvalue weighted by atomic mass is 16.1. The van der Waals surface area contributed by atoms with Gasteiger partial charge in [0.25, 0.3) is 5.91 Å². The molecule has 0 atom stereocenters. The fourth-order valence-electron chi connectivity index (χ4n) is 2.22. The van der Waals surface area contributed by atoms with Crippen LogP contribution < -0.4 is 10.6 Å². The molecule has 0 unspecified atom stereocenters. The van der Waals surface area contributed by atoms with E-state index in [1.807, 2.05) is 18.2 Å². The van der Waals surface area contributed by atoms with Gasteiger partial charge in [-0.05, 0) is 36.5 Å². The maximum absolute atomic E-state index is 12.2. The van der Waals surface area contributed by atoms with Gasteiger partial charge in [-0.2, -0.15) is 0 Å². The lowest BCUT2D eigenvalue weighted by Crippen LogP contribution is -2.25. The predicted molar refractivity (Wildman–Crippen MR) is 94.7 cm³/mol. The molecule has 0 saturated heterocycles. The van der Waals surface area contributed by atoms with Gasteiger partial charge >= 0.3 is 0 Å². The molecule has 0 spiro atoms. The number of nitrogens with zero attached hydrogens (tertiary/aromatic N) is 1. The van der Waals surface area contributed by atoms with Gasteiger partial charge < -0.3 is 10.6 Å². The third-order valence-electron chi connectivity index (χ3n) is 3.48. The average molecular weight is 311 g/mol. The lowest BCUT2D eigenvalue weighted by Gasteiger charge is -2.10. The molecule has 4 nitrogen and oxygen atoms in total. The maximum Gasteiger partial charge on any atom is 0.251 e. The number of carbonyl (C=O) groups excluding carboxylic acids is 1. The third-order valence-corrected chi connectivity index (χ3v) is 3.48. The van der Waals surface area contributed by atoms with Crippen LogP contribution in [0.5, 0.6) is 0 Å². The number of amides is 1. The summed E-state index contributed by atoms with van der Waals surface area (Å²) >= 11 is 0. The van der Waals surface area contributed by atoms with Gasteiger partial charge in [0.1, 0.15) is 5.82 Å². The van der Waals surface area contributed by atoms with Crippen molar-refractivity contribution in [1.29, 1.82) is 0 Å². The molecule has 0 bridgehead atoms. The number of nitrogens with one attached hydrogen (secondary N) is 2. The van der Waals surface area contributed by atoms with Crippen LogP contribution >= 0.6 is 0 Å². The maximum atomic E-state index is 12.2. The number of carbonyl (C=O) groups is 1. The van der Waals surface area contributed by atoms with Crippen LogP contribution in [0.4, 0.5) is 5.82 Å². The van der Waals surface area contributed by atoms with Crippen LogP contribution in [0.1, 0.15) is 36.2 Å². The lowest BCUT2D eigenvalue weighted by atomic mass is 10.1. The van der Waals surface area contributed by atoms with Gasteiger partial charge in [-0.3, -0.25) is 4.79 Å².